The minimum absolute atomic E-state index is 0.0166. The number of nitro groups is 1. The van der Waals surface area contributed by atoms with Gasteiger partial charge in [-0.2, -0.15) is 0 Å². The van der Waals surface area contributed by atoms with Crippen LogP contribution in [0.3, 0.4) is 0 Å². The number of aryl methyl sites for hydroxylation is 1. The van der Waals surface area contributed by atoms with Crippen LogP contribution in [0.1, 0.15) is 0 Å². The van der Waals surface area contributed by atoms with Crippen LogP contribution in [0.5, 0.6) is 0 Å². The zero-order valence-corrected chi connectivity index (χ0v) is 9.90. The van der Waals surface area contributed by atoms with Crippen molar-refractivity contribution < 1.29 is 9.34 Å². The van der Waals surface area contributed by atoms with Gasteiger partial charge in [-0.05, 0) is 12.1 Å². The molecule has 0 fully saturated rings. The lowest BCUT2D eigenvalue weighted by molar-refractivity contribution is -0.384. The van der Waals surface area contributed by atoms with Gasteiger partial charge in [-0.1, -0.05) is 0 Å². The maximum absolute atomic E-state index is 10.7. The van der Waals surface area contributed by atoms with Gasteiger partial charge in [0.15, 0.2) is 0 Å². The van der Waals surface area contributed by atoms with Gasteiger partial charge >= 0.3 is 0 Å². The molecule has 8 nitrogen and oxygen atoms in total. The minimum Gasteiger partial charge on any atom is -0.413 e. The SMILES string of the molecule is Cn1cc([N+](=O)[O-])cc1-c1nnc(-c2ccc[nH]2)o1. The Kier molecular flexibility index (Phi) is 2.41. The molecule has 1 N–H and O–H groups in total. The zero-order chi connectivity index (χ0) is 13.4. The number of nitrogens with one attached hydrogen (secondary N) is 1. The monoisotopic (exact) mass is 259 g/mol. The van der Waals surface area contributed by atoms with E-state index in [4.69, 9.17) is 4.42 Å². The van der Waals surface area contributed by atoms with Crippen molar-refractivity contribution in [1.82, 2.24) is 19.7 Å². The fraction of sp³-hybridized carbons (Fsp3) is 0.0909. The lowest BCUT2D eigenvalue weighted by atomic mass is 10.4. The first kappa shape index (κ1) is 11.2. The standard InChI is InChI=1S/C11H9N5O3/c1-15-6-7(16(17)18)5-9(15)11-14-13-10(19-11)8-3-2-4-12-8/h2-6,12H,1H3. The molecule has 0 saturated carbocycles. The summed E-state index contributed by atoms with van der Waals surface area (Å²) in [5.74, 6) is 0.573. The molecule has 0 bridgehead atoms. The normalized spacial score (nSPS) is 10.8. The third kappa shape index (κ3) is 1.88. The molecule has 3 rings (SSSR count). The second kappa shape index (κ2) is 4.09. The highest BCUT2D eigenvalue weighted by molar-refractivity contribution is 5.56. The Balaban J connectivity index is 2.01. The maximum atomic E-state index is 10.7. The van der Waals surface area contributed by atoms with Crippen LogP contribution < -0.4 is 0 Å². The van der Waals surface area contributed by atoms with Gasteiger partial charge < -0.3 is 14.0 Å². The maximum Gasteiger partial charge on any atom is 0.287 e. The Morgan fingerprint density at radius 2 is 2.21 bits per heavy atom. The van der Waals surface area contributed by atoms with E-state index in [1.165, 1.54) is 12.3 Å². The molecule has 0 aliphatic carbocycles. The summed E-state index contributed by atoms with van der Waals surface area (Å²) in [5, 5.41) is 18.5. The Morgan fingerprint density at radius 3 is 2.84 bits per heavy atom. The molecule has 3 aromatic rings. The smallest absolute Gasteiger partial charge is 0.287 e. The van der Waals surface area contributed by atoms with E-state index >= 15 is 0 Å². The first-order valence-corrected chi connectivity index (χ1v) is 5.43. The number of H-pyrrole nitrogens is 1. The molecule has 0 aliphatic rings. The van der Waals surface area contributed by atoms with Crippen molar-refractivity contribution in [2.45, 2.75) is 0 Å². The fourth-order valence-electron chi connectivity index (χ4n) is 1.76. The molecule has 0 spiro atoms. The van der Waals surface area contributed by atoms with Crippen LogP contribution in [0.25, 0.3) is 23.2 Å². The molecule has 19 heavy (non-hydrogen) atoms. The Bertz CT molecular complexity index is 725. The van der Waals surface area contributed by atoms with E-state index in [9.17, 15) is 10.1 Å². The summed E-state index contributed by atoms with van der Waals surface area (Å²) in [6, 6.07) is 5.00. The molecular formula is C11H9N5O3. The molecule has 3 aromatic heterocycles. The molecule has 0 aromatic carbocycles. The van der Waals surface area contributed by atoms with Crippen molar-refractivity contribution in [2.24, 2.45) is 7.05 Å². The Morgan fingerprint density at radius 1 is 1.42 bits per heavy atom. The molecule has 0 saturated heterocycles. The number of aromatic nitrogens is 4. The third-order valence-corrected chi connectivity index (χ3v) is 2.67. The van der Waals surface area contributed by atoms with Gasteiger partial charge in [0.1, 0.15) is 11.4 Å². The van der Waals surface area contributed by atoms with Crippen molar-refractivity contribution in [2.75, 3.05) is 0 Å². The van der Waals surface area contributed by atoms with Crippen molar-refractivity contribution in [3.8, 4) is 23.2 Å². The number of hydrogen-bond donors (Lipinski definition) is 1. The van der Waals surface area contributed by atoms with E-state index < -0.39 is 4.92 Å². The van der Waals surface area contributed by atoms with Crippen molar-refractivity contribution in [3.63, 3.8) is 0 Å². The second-order valence-corrected chi connectivity index (χ2v) is 3.95. The van der Waals surface area contributed by atoms with E-state index in [-0.39, 0.29) is 11.6 Å². The van der Waals surface area contributed by atoms with Crippen molar-refractivity contribution in [1.29, 1.82) is 0 Å². The van der Waals surface area contributed by atoms with Crippen LogP contribution in [0.2, 0.25) is 0 Å². The van der Waals surface area contributed by atoms with Gasteiger partial charge in [-0.15, -0.1) is 10.2 Å². The zero-order valence-electron chi connectivity index (χ0n) is 9.90. The first-order chi connectivity index (χ1) is 9.15. The predicted octanol–water partition coefficient (Wildman–Crippen LogP) is 1.98. The Hall–Kier alpha value is -2.90. The average Bonchev–Trinajstić information content (AvgIpc) is 3.07. The van der Waals surface area contributed by atoms with Crippen molar-refractivity contribution in [3.05, 3.63) is 40.7 Å². The van der Waals surface area contributed by atoms with E-state index in [0.717, 1.165) is 0 Å². The summed E-state index contributed by atoms with van der Waals surface area (Å²) < 4.78 is 7.06. The quantitative estimate of drug-likeness (QED) is 0.572. The summed E-state index contributed by atoms with van der Waals surface area (Å²) in [6.45, 7) is 0. The first-order valence-electron chi connectivity index (χ1n) is 5.43. The molecule has 3 heterocycles. The van der Waals surface area contributed by atoms with E-state index in [2.05, 4.69) is 15.2 Å². The van der Waals surface area contributed by atoms with E-state index in [1.807, 2.05) is 6.07 Å². The van der Waals surface area contributed by atoms with E-state index in [1.54, 1.807) is 23.9 Å². The number of hydrogen-bond acceptors (Lipinski definition) is 5. The van der Waals surface area contributed by atoms with Gasteiger partial charge in [0, 0.05) is 19.3 Å². The summed E-state index contributed by atoms with van der Waals surface area (Å²) in [4.78, 5) is 13.2. The largest absolute Gasteiger partial charge is 0.413 e. The van der Waals surface area contributed by atoms with Crippen LogP contribution in [-0.4, -0.2) is 24.7 Å². The van der Waals surface area contributed by atoms with Crippen molar-refractivity contribution >= 4 is 5.69 Å². The fourth-order valence-corrected chi connectivity index (χ4v) is 1.76. The summed E-state index contributed by atoms with van der Waals surface area (Å²) in [6.07, 6.45) is 3.14. The molecular weight excluding hydrogens is 250 g/mol. The lowest BCUT2D eigenvalue weighted by Crippen LogP contribution is -1.89. The summed E-state index contributed by atoms with van der Waals surface area (Å²) >= 11 is 0. The molecule has 0 amide bonds. The molecule has 0 aliphatic heterocycles. The lowest BCUT2D eigenvalue weighted by Gasteiger charge is -1.94. The van der Waals surface area contributed by atoms with Gasteiger partial charge in [0.25, 0.3) is 17.5 Å². The number of nitrogens with zero attached hydrogens (tertiary/aromatic N) is 4. The highest BCUT2D eigenvalue weighted by Crippen LogP contribution is 2.26. The van der Waals surface area contributed by atoms with Crippen LogP contribution >= 0.6 is 0 Å². The van der Waals surface area contributed by atoms with Gasteiger partial charge in [0.2, 0.25) is 0 Å². The average molecular weight is 259 g/mol. The van der Waals surface area contributed by atoms with Crippen LogP contribution in [0.4, 0.5) is 5.69 Å². The highest BCUT2D eigenvalue weighted by Gasteiger charge is 2.18. The van der Waals surface area contributed by atoms with Gasteiger partial charge in [0.05, 0.1) is 11.1 Å². The third-order valence-electron chi connectivity index (χ3n) is 2.67. The summed E-state index contributed by atoms with van der Waals surface area (Å²) in [7, 11) is 1.68. The second-order valence-electron chi connectivity index (χ2n) is 3.95. The molecule has 0 unspecified atom stereocenters. The molecule has 0 atom stereocenters. The Labute approximate surface area is 106 Å². The van der Waals surface area contributed by atoms with Crippen LogP contribution in [0, 0.1) is 10.1 Å². The predicted molar refractivity (Wildman–Crippen MR) is 65.1 cm³/mol. The topological polar surface area (TPSA) is 103 Å². The van der Waals surface area contributed by atoms with Gasteiger partial charge in [-0.25, -0.2) is 0 Å². The highest BCUT2D eigenvalue weighted by atomic mass is 16.6. The molecule has 96 valence electrons. The van der Waals surface area contributed by atoms with Crippen LogP contribution in [-0.2, 0) is 7.05 Å². The van der Waals surface area contributed by atoms with Crippen LogP contribution in [0.15, 0.2) is 35.0 Å². The minimum atomic E-state index is -0.467. The molecule has 0 radical (unpaired) electrons. The van der Waals surface area contributed by atoms with E-state index in [0.29, 0.717) is 17.3 Å². The number of aromatic amines is 1. The van der Waals surface area contributed by atoms with Gasteiger partial charge in [-0.3, -0.25) is 10.1 Å². The number of rotatable bonds is 3. The molecule has 8 heteroatoms. The summed E-state index contributed by atoms with van der Waals surface area (Å²) in [5.41, 5.74) is 1.18.